The highest BCUT2D eigenvalue weighted by Crippen LogP contribution is 2.24. The average Bonchev–Trinajstić information content (AvgIpc) is 2.96. The normalized spacial score (nSPS) is 17.0. The van der Waals surface area contributed by atoms with E-state index in [1.165, 1.54) is 0 Å². The van der Waals surface area contributed by atoms with Crippen LogP contribution in [0.3, 0.4) is 0 Å². The van der Waals surface area contributed by atoms with Gasteiger partial charge in [-0.15, -0.1) is 0 Å². The predicted octanol–water partition coefficient (Wildman–Crippen LogP) is 2.30. The van der Waals surface area contributed by atoms with Crippen molar-refractivity contribution in [3.05, 3.63) is 35.9 Å². The van der Waals surface area contributed by atoms with Gasteiger partial charge in [-0.25, -0.2) is 4.79 Å². The number of amides is 4. The molecule has 7 heteroatoms. The molecule has 1 aliphatic heterocycles. The van der Waals surface area contributed by atoms with Gasteiger partial charge < -0.3 is 10.6 Å². The molecule has 154 valence electrons. The zero-order chi connectivity index (χ0) is 20.7. The van der Waals surface area contributed by atoms with Crippen LogP contribution in [0.1, 0.15) is 52.1 Å². The summed E-state index contributed by atoms with van der Waals surface area (Å²) in [6.45, 7) is 9.77. The van der Waals surface area contributed by atoms with Gasteiger partial charge in [0, 0.05) is 6.54 Å². The lowest BCUT2D eigenvalue weighted by molar-refractivity contribution is -0.135. The van der Waals surface area contributed by atoms with Crippen molar-refractivity contribution in [2.24, 2.45) is 0 Å². The number of carbonyl (C=O) groups excluding carboxylic acids is 3. The second-order valence-electron chi connectivity index (χ2n) is 7.06. The van der Waals surface area contributed by atoms with Crippen molar-refractivity contribution in [2.45, 2.75) is 52.1 Å². The van der Waals surface area contributed by atoms with Gasteiger partial charge in [-0.1, -0.05) is 58.0 Å². The Balaban J connectivity index is 2.03. The highest BCUT2D eigenvalue weighted by atomic mass is 16.2. The molecular weight excluding hydrogens is 356 g/mol. The number of nitrogens with zero attached hydrogens (tertiary/aromatic N) is 2. The SMILES string of the molecule is CCN(CC)[C@H](CNC(=O)CN1C(=O)NC(CC)(CC)C1=O)c1ccccc1. The maximum absolute atomic E-state index is 12.7. The van der Waals surface area contributed by atoms with Crippen LogP contribution in [0.5, 0.6) is 0 Å². The van der Waals surface area contributed by atoms with E-state index in [0.29, 0.717) is 19.4 Å². The van der Waals surface area contributed by atoms with Gasteiger partial charge in [0.05, 0.1) is 6.04 Å². The van der Waals surface area contributed by atoms with Crippen molar-refractivity contribution in [1.82, 2.24) is 20.4 Å². The number of imide groups is 1. The number of rotatable bonds is 10. The zero-order valence-electron chi connectivity index (χ0n) is 17.3. The Kier molecular flexibility index (Phi) is 7.57. The Morgan fingerprint density at radius 3 is 2.21 bits per heavy atom. The lowest BCUT2D eigenvalue weighted by atomic mass is 9.93. The van der Waals surface area contributed by atoms with Crippen LogP contribution in [0.25, 0.3) is 0 Å². The molecule has 1 fully saturated rings. The van der Waals surface area contributed by atoms with Crippen LogP contribution in [0.4, 0.5) is 4.79 Å². The maximum Gasteiger partial charge on any atom is 0.325 e. The summed E-state index contributed by atoms with van der Waals surface area (Å²) >= 11 is 0. The van der Waals surface area contributed by atoms with E-state index in [2.05, 4.69) is 29.4 Å². The fourth-order valence-corrected chi connectivity index (χ4v) is 3.76. The minimum absolute atomic E-state index is 0.0358. The average molecular weight is 389 g/mol. The summed E-state index contributed by atoms with van der Waals surface area (Å²) in [7, 11) is 0. The summed E-state index contributed by atoms with van der Waals surface area (Å²) in [6, 6.07) is 9.56. The molecule has 1 saturated heterocycles. The highest BCUT2D eigenvalue weighted by Gasteiger charge is 2.49. The highest BCUT2D eigenvalue weighted by molar-refractivity contribution is 6.08. The molecule has 7 nitrogen and oxygen atoms in total. The molecule has 0 bridgehead atoms. The van der Waals surface area contributed by atoms with E-state index in [4.69, 9.17) is 0 Å². The van der Waals surface area contributed by atoms with E-state index in [-0.39, 0.29) is 24.4 Å². The number of benzene rings is 1. The number of carbonyl (C=O) groups is 3. The smallest absolute Gasteiger partial charge is 0.325 e. The minimum Gasteiger partial charge on any atom is -0.353 e. The van der Waals surface area contributed by atoms with Crippen LogP contribution in [0, 0.1) is 0 Å². The fraction of sp³-hybridized carbons (Fsp3) is 0.571. The van der Waals surface area contributed by atoms with E-state index in [1.807, 2.05) is 44.2 Å². The van der Waals surface area contributed by atoms with Gasteiger partial charge in [-0.05, 0) is 31.5 Å². The number of hydrogen-bond donors (Lipinski definition) is 2. The lowest BCUT2D eigenvalue weighted by Gasteiger charge is -2.30. The molecule has 1 aromatic rings. The molecule has 0 aromatic heterocycles. The van der Waals surface area contributed by atoms with Crippen molar-refractivity contribution in [3.63, 3.8) is 0 Å². The van der Waals surface area contributed by atoms with Gasteiger partial charge in [0.1, 0.15) is 12.1 Å². The Labute approximate surface area is 167 Å². The summed E-state index contributed by atoms with van der Waals surface area (Å²) in [5.41, 5.74) is 0.239. The van der Waals surface area contributed by atoms with E-state index < -0.39 is 11.6 Å². The van der Waals surface area contributed by atoms with E-state index in [0.717, 1.165) is 23.6 Å². The molecule has 1 aliphatic rings. The largest absolute Gasteiger partial charge is 0.353 e. The Morgan fingerprint density at radius 1 is 1.11 bits per heavy atom. The molecule has 0 radical (unpaired) electrons. The first kappa shape index (κ1) is 21.9. The summed E-state index contributed by atoms with van der Waals surface area (Å²) in [5, 5.41) is 5.66. The van der Waals surface area contributed by atoms with Gasteiger partial charge in [-0.2, -0.15) is 0 Å². The summed E-state index contributed by atoms with van der Waals surface area (Å²) in [5.74, 6) is -0.652. The van der Waals surface area contributed by atoms with Crippen LogP contribution in [0.15, 0.2) is 30.3 Å². The molecule has 28 heavy (non-hydrogen) atoms. The molecule has 0 spiro atoms. The number of urea groups is 1. The monoisotopic (exact) mass is 388 g/mol. The van der Waals surface area contributed by atoms with Crippen LogP contribution in [-0.4, -0.2) is 59.4 Å². The number of hydrogen-bond acceptors (Lipinski definition) is 4. The van der Waals surface area contributed by atoms with Crippen molar-refractivity contribution in [3.8, 4) is 0 Å². The number of likely N-dealkylation sites (N-methyl/N-ethyl adjacent to an activating group) is 1. The number of nitrogens with one attached hydrogen (secondary N) is 2. The first-order chi connectivity index (χ1) is 13.4. The van der Waals surface area contributed by atoms with Gasteiger partial charge in [-0.3, -0.25) is 19.4 Å². The molecule has 4 amide bonds. The first-order valence-corrected chi connectivity index (χ1v) is 10.1. The quantitative estimate of drug-likeness (QED) is 0.603. The first-order valence-electron chi connectivity index (χ1n) is 10.1. The molecule has 0 saturated carbocycles. The topological polar surface area (TPSA) is 81.8 Å². The lowest BCUT2D eigenvalue weighted by Crippen LogP contribution is -2.47. The molecule has 0 aliphatic carbocycles. The maximum atomic E-state index is 12.7. The van der Waals surface area contributed by atoms with Crippen molar-refractivity contribution >= 4 is 17.8 Å². The minimum atomic E-state index is -0.884. The van der Waals surface area contributed by atoms with Crippen LogP contribution < -0.4 is 10.6 Å². The van der Waals surface area contributed by atoms with Crippen molar-refractivity contribution < 1.29 is 14.4 Å². The molecule has 1 atom stereocenters. The van der Waals surface area contributed by atoms with Crippen LogP contribution in [0.2, 0.25) is 0 Å². The molecule has 1 aromatic carbocycles. The van der Waals surface area contributed by atoms with Gasteiger partial charge in [0.2, 0.25) is 5.91 Å². The Hall–Kier alpha value is -2.41. The third-order valence-corrected chi connectivity index (χ3v) is 5.68. The third-order valence-electron chi connectivity index (χ3n) is 5.68. The van der Waals surface area contributed by atoms with Crippen molar-refractivity contribution in [1.29, 1.82) is 0 Å². The van der Waals surface area contributed by atoms with Gasteiger partial charge >= 0.3 is 6.03 Å². The Bertz CT molecular complexity index is 684. The predicted molar refractivity (Wildman–Crippen MR) is 109 cm³/mol. The fourth-order valence-electron chi connectivity index (χ4n) is 3.76. The molecule has 1 heterocycles. The third kappa shape index (κ3) is 4.52. The van der Waals surface area contributed by atoms with E-state index >= 15 is 0 Å². The molecule has 2 N–H and O–H groups in total. The van der Waals surface area contributed by atoms with E-state index in [1.54, 1.807) is 0 Å². The van der Waals surface area contributed by atoms with Crippen LogP contribution >= 0.6 is 0 Å². The van der Waals surface area contributed by atoms with E-state index in [9.17, 15) is 14.4 Å². The summed E-state index contributed by atoms with van der Waals surface area (Å²) in [6.07, 6.45) is 1.01. The Morgan fingerprint density at radius 2 is 1.71 bits per heavy atom. The van der Waals surface area contributed by atoms with Crippen molar-refractivity contribution in [2.75, 3.05) is 26.2 Å². The summed E-state index contributed by atoms with van der Waals surface area (Å²) < 4.78 is 0. The second kappa shape index (κ2) is 9.68. The van der Waals surface area contributed by atoms with Gasteiger partial charge in [0.15, 0.2) is 0 Å². The van der Waals surface area contributed by atoms with Crippen LogP contribution in [-0.2, 0) is 9.59 Å². The molecule has 2 rings (SSSR count). The molecule has 0 unspecified atom stereocenters. The molecular formula is C21H32N4O3. The second-order valence-corrected chi connectivity index (χ2v) is 7.06. The summed E-state index contributed by atoms with van der Waals surface area (Å²) in [4.78, 5) is 40.7. The standard InChI is InChI=1S/C21H32N4O3/c1-5-21(6-2)19(27)25(20(28)23-21)15-18(26)22-14-17(24(7-3)8-4)16-12-10-9-11-13-16/h9-13,17H,5-8,14-15H2,1-4H3,(H,22,26)(H,23,28)/t17-/m1/s1. The zero-order valence-corrected chi connectivity index (χ0v) is 17.3. The van der Waals surface area contributed by atoms with Gasteiger partial charge in [0.25, 0.3) is 5.91 Å².